The van der Waals surface area contributed by atoms with Gasteiger partial charge in [-0.15, -0.1) is 0 Å². The van der Waals surface area contributed by atoms with Gasteiger partial charge in [-0.2, -0.15) is 0 Å². The predicted octanol–water partition coefficient (Wildman–Crippen LogP) is 1.85. The van der Waals surface area contributed by atoms with E-state index in [-0.39, 0.29) is 11.8 Å². The van der Waals surface area contributed by atoms with Crippen LogP contribution in [0.5, 0.6) is 0 Å². The second kappa shape index (κ2) is 5.87. The Balaban J connectivity index is 1.76. The van der Waals surface area contributed by atoms with Gasteiger partial charge in [0, 0.05) is 38.4 Å². The number of hydrogen-bond acceptors (Lipinski definition) is 4. The highest BCUT2D eigenvalue weighted by atomic mass is 16.2. The van der Waals surface area contributed by atoms with Crippen molar-refractivity contribution in [3.05, 3.63) is 41.5 Å². The lowest BCUT2D eigenvalue weighted by Crippen LogP contribution is -2.40. The highest BCUT2D eigenvalue weighted by Gasteiger charge is 2.28. The highest BCUT2D eigenvalue weighted by molar-refractivity contribution is 5.92. The van der Waals surface area contributed by atoms with Crippen LogP contribution >= 0.6 is 0 Å². The van der Waals surface area contributed by atoms with Crippen LogP contribution < -0.4 is 0 Å². The third-order valence-electron chi connectivity index (χ3n) is 4.11. The monoisotopic (exact) mass is 299 g/mol. The number of carbonyl (C=O) groups is 1. The molecule has 6 nitrogen and oxygen atoms in total. The fourth-order valence-electron chi connectivity index (χ4n) is 3.05. The molecule has 0 bridgehead atoms. The van der Waals surface area contributed by atoms with E-state index >= 15 is 0 Å². The summed E-state index contributed by atoms with van der Waals surface area (Å²) in [4.78, 5) is 27.4. The van der Waals surface area contributed by atoms with Gasteiger partial charge in [0.25, 0.3) is 5.91 Å². The minimum atomic E-state index is -0.0388. The number of aryl methyl sites for hydroxylation is 3. The van der Waals surface area contributed by atoms with Crippen molar-refractivity contribution in [2.45, 2.75) is 32.6 Å². The Morgan fingerprint density at radius 1 is 1.23 bits per heavy atom. The van der Waals surface area contributed by atoms with E-state index in [2.05, 4.69) is 19.5 Å². The van der Waals surface area contributed by atoms with Crippen molar-refractivity contribution in [3.8, 4) is 0 Å². The van der Waals surface area contributed by atoms with E-state index in [1.807, 2.05) is 32.0 Å². The van der Waals surface area contributed by atoms with Gasteiger partial charge in [0.15, 0.2) is 0 Å². The van der Waals surface area contributed by atoms with Gasteiger partial charge >= 0.3 is 0 Å². The summed E-state index contributed by atoms with van der Waals surface area (Å²) in [6.07, 6.45) is 7.28. The minimum absolute atomic E-state index is 0.0388. The lowest BCUT2D eigenvalue weighted by molar-refractivity contribution is 0.0697. The summed E-state index contributed by atoms with van der Waals surface area (Å²) >= 11 is 0. The summed E-state index contributed by atoms with van der Waals surface area (Å²) in [6.45, 7) is 5.33. The number of amides is 1. The average Bonchev–Trinajstić information content (AvgIpc) is 2.86. The lowest BCUT2D eigenvalue weighted by atomic mass is 9.97. The van der Waals surface area contributed by atoms with Crippen LogP contribution in [0.1, 0.15) is 46.5 Å². The molecule has 1 amide bonds. The summed E-state index contributed by atoms with van der Waals surface area (Å²) in [5.41, 5.74) is 2.25. The molecule has 1 unspecified atom stereocenters. The minimum Gasteiger partial charge on any atom is -0.337 e. The summed E-state index contributed by atoms with van der Waals surface area (Å²) in [7, 11) is 2.02. The molecule has 0 spiro atoms. The number of nitrogens with zero attached hydrogens (tertiary/aromatic N) is 5. The maximum atomic E-state index is 12.6. The fraction of sp³-hybridized carbons (Fsp3) is 0.500. The smallest absolute Gasteiger partial charge is 0.274 e. The van der Waals surface area contributed by atoms with Gasteiger partial charge in [0.2, 0.25) is 0 Å². The van der Waals surface area contributed by atoms with Crippen LogP contribution in [0.25, 0.3) is 0 Å². The van der Waals surface area contributed by atoms with Gasteiger partial charge in [-0.3, -0.25) is 9.78 Å². The maximum Gasteiger partial charge on any atom is 0.274 e. The van der Waals surface area contributed by atoms with Gasteiger partial charge in [0.1, 0.15) is 11.5 Å². The molecule has 22 heavy (non-hydrogen) atoms. The van der Waals surface area contributed by atoms with Crippen LogP contribution in [0.2, 0.25) is 0 Å². The van der Waals surface area contributed by atoms with Gasteiger partial charge in [-0.1, -0.05) is 0 Å². The SMILES string of the molecule is Cc1cnc(C(=O)N2CCCC(c3nc(C)cn3C)C2)cn1. The van der Waals surface area contributed by atoms with Crippen molar-refractivity contribution < 1.29 is 4.79 Å². The van der Waals surface area contributed by atoms with Crippen LogP contribution in [-0.4, -0.2) is 43.4 Å². The summed E-state index contributed by atoms with van der Waals surface area (Å²) in [6, 6.07) is 0. The zero-order valence-corrected chi connectivity index (χ0v) is 13.3. The molecule has 2 aromatic heterocycles. The Labute approximate surface area is 130 Å². The van der Waals surface area contributed by atoms with Gasteiger partial charge < -0.3 is 9.47 Å². The van der Waals surface area contributed by atoms with Crippen molar-refractivity contribution in [2.24, 2.45) is 7.05 Å². The van der Waals surface area contributed by atoms with E-state index in [0.717, 1.165) is 36.6 Å². The van der Waals surface area contributed by atoms with Gasteiger partial charge in [0.05, 0.1) is 17.6 Å². The molecule has 0 saturated carbocycles. The molecule has 1 saturated heterocycles. The number of carbonyl (C=O) groups excluding carboxylic acids is 1. The number of rotatable bonds is 2. The van der Waals surface area contributed by atoms with Crippen molar-refractivity contribution in [1.29, 1.82) is 0 Å². The standard InChI is InChI=1S/C16H21N5O/c1-11-7-18-14(8-17-11)16(22)21-6-4-5-13(10-21)15-19-12(2)9-20(15)3/h7-9,13H,4-6,10H2,1-3H3. The molecule has 0 radical (unpaired) electrons. The topological polar surface area (TPSA) is 63.9 Å². The van der Waals surface area contributed by atoms with Crippen LogP contribution in [-0.2, 0) is 7.05 Å². The Morgan fingerprint density at radius 3 is 2.68 bits per heavy atom. The third kappa shape index (κ3) is 2.86. The number of aromatic nitrogens is 4. The first-order valence-electron chi connectivity index (χ1n) is 7.62. The lowest BCUT2D eigenvalue weighted by Gasteiger charge is -2.32. The van der Waals surface area contributed by atoms with Crippen LogP contribution in [0.15, 0.2) is 18.6 Å². The van der Waals surface area contributed by atoms with Crippen LogP contribution in [0.3, 0.4) is 0 Å². The summed E-state index contributed by atoms with van der Waals surface area (Å²) in [5, 5.41) is 0. The van der Waals surface area contributed by atoms with E-state index in [9.17, 15) is 4.79 Å². The Hall–Kier alpha value is -2.24. The first-order chi connectivity index (χ1) is 10.5. The molecular formula is C16H21N5O. The molecule has 3 heterocycles. The number of imidazole rings is 1. The largest absolute Gasteiger partial charge is 0.337 e. The molecule has 1 fully saturated rings. The van der Waals surface area contributed by atoms with E-state index in [4.69, 9.17) is 0 Å². The molecule has 0 N–H and O–H groups in total. The van der Waals surface area contributed by atoms with Crippen LogP contribution in [0.4, 0.5) is 0 Å². The molecule has 0 aliphatic carbocycles. The second-order valence-electron chi connectivity index (χ2n) is 5.98. The summed E-state index contributed by atoms with van der Waals surface area (Å²) < 4.78 is 2.07. The molecule has 3 rings (SSSR count). The third-order valence-corrected chi connectivity index (χ3v) is 4.11. The molecule has 116 valence electrons. The Kier molecular flexibility index (Phi) is 3.92. The van der Waals surface area contributed by atoms with Crippen molar-refractivity contribution in [2.75, 3.05) is 13.1 Å². The molecule has 2 aromatic rings. The van der Waals surface area contributed by atoms with Gasteiger partial charge in [-0.25, -0.2) is 9.97 Å². The van der Waals surface area contributed by atoms with E-state index in [0.29, 0.717) is 12.2 Å². The molecule has 0 aromatic carbocycles. The molecule has 1 atom stereocenters. The molecule has 6 heteroatoms. The fourth-order valence-corrected chi connectivity index (χ4v) is 3.05. The first-order valence-corrected chi connectivity index (χ1v) is 7.62. The Morgan fingerprint density at radius 2 is 2.05 bits per heavy atom. The van der Waals surface area contributed by atoms with E-state index in [1.165, 1.54) is 0 Å². The highest BCUT2D eigenvalue weighted by Crippen LogP contribution is 2.26. The second-order valence-corrected chi connectivity index (χ2v) is 5.98. The first kappa shape index (κ1) is 14.7. The quantitative estimate of drug-likeness (QED) is 0.849. The zero-order chi connectivity index (χ0) is 15.7. The maximum absolute atomic E-state index is 12.6. The average molecular weight is 299 g/mol. The normalized spacial score (nSPS) is 18.5. The van der Waals surface area contributed by atoms with Crippen molar-refractivity contribution in [1.82, 2.24) is 24.4 Å². The molecular weight excluding hydrogens is 278 g/mol. The molecule has 1 aliphatic rings. The molecule has 1 aliphatic heterocycles. The van der Waals surface area contributed by atoms with E-state index in [1.54, 1.807) is 12.4 Å². The predicted molar refractivity (Wildman–Crippen MR) is 82.6 cm³/mol. The number of piperidine rings is 1. The van der Waals surface area contributed by atoms with Gasteiger partial charge in [-0.05, 0) is 26.7 Å². The van der Waals surface area contributed by atoms with Crippen molar-refractivity contribution in [3.63, 3.8) is 0 Å². The van der Waals surface area contributed by atoms with Crippen LogP contribution in [0, 0.1) is 13.8 Å². The van der Waals surface area contributed by atoms with E-state index < -0.39 is 0 Å². The summed E-state index contributed by atoms with van der Waals surface area (Å²) in [5.74, 6) is 1.31. The number of hydrogen-bond donors (Lipinski definition) is 0. The zero-order valence-electron chi connectivity index (χ0n) is 13.3. The van der Waals surface area contributed by atoms with Crippen molar-refractivity contribution >= 4 is 5.91 Å². The Bertz CT molecular complexity index is 676. The number of likely N-dealkylation sites (tertiary alicyclic amines) is 1.